The molecule has 0 bridgehead atoms. The first-order valence-corrected chi connectivity index (χ1v) is 5.65. The van der Waals surface area contributed by atoms with Gasteiger partial charge in [-0.2, -0.15) is 0 Å². The third-order valence-electron chi connectivity index (χ3n) is 2.13. The van der Waals surface area contributed by atoms with Gasteiger partial charge in [0.2, 0.25) is 5.91 Å². The molecule has 1 aliphatic heterocycles. The lowest BCUT2D eigenvalue weighted by Crippen LogP contribution is -2.17. The number of carboxylic acids is 1. The van der Waals surface area contributed by atoms with Crippen LogP contribution >= 0.6 is 12.2 Å². The molecule has 1 aromatic carbocycles. The second-order valence-corrected chi connectivity index (χ2v) is 4.01. The fourth-order valence-corrected chi connectivity index (χ4v) is 1.45. The molecule has 0 spiro atoms. The zero-order valence-electron chi connectivity index (χ0n) is 9.74. The molecule has 1 aromatic rings. The van der Waals surface area contributed by atoms with Crippen LogP contribution in [0, 0.1) is 0 Å². The van der Waals surface area contributed by atoms with Crippen molar-refractivity contribution in [2.75, 3.05) is 0 Å². The minimum absolute atomic E-state index is 0.0602. The topological polar surface area (TPSA) is 115 Å². The minimum atomic E-state index is -0.998. The number of hydrogen-bond acceptors (Lipinski definition) is 4. The Kier molecular flexibility index (Phi) is 5.46. The van der Waals surface area contributed by atoms with Gasteiger partial charge in [0.15, 0.2) is 0 Å². The molecular formula is C11H10N4O3S. The summed E-state index contributed by atoms with van der Waals surface area (Å²) < 4.78 is 0. The van der Waals surface area contributed by atoms with E-state index in [0.29, 0.717) is 17.1 Å². The van der Waals surface area contributed by atoms with E-state index in [9.17, 15) is 9.59 Å². The Morgan fingerprint density at radius 3 is 2.32 bits per heavy atom. The Hall–Kier alpha value is -2.44. The number of thiocarbonyl (C=S) groups is 1. The van der Waals surface area contributed by atoms with Crippen LogP contribution in [0.2, 0.25) is 0 Å². The number of carboxylic acid groups (broad SMARTS) is 1. The Morgan fingerprint density at radius 1 is 1.37 bits per heavy atom. The van der Waals surface area contributed by atoms with Crippen molar-refractivity contribution in [3.63, 3.8) is 0 Å². The highest BCUT2D eigenvalue weighted by Gasteiger charge is 2.12. The lowest BCUT2D eigenvalue weighted by Gasteiger charge is -1.92. The maximum absolute atomic E-state index is 10.4. The highest BCUT2D eigenvalue weighted by molar-refractivity contribution is 7.80. The average Bonchev–Trinajstić information content (AvgIpc) is 2.75. The van der Waals surface area contributed by atoms with E-state index in [4.69, 9.17) is 10.6 Å². The summed E-state index contributed by atoms with van der Waals surface area (Å²) in [7, 11) is 0. The number of aromatic carboxylic acids is 1. The van der Waals surface area contributed by atoms with E-state index in [1.807, 2.05) is 0 Å². The summed E-state index contributed by atoms with van der Waals surface area (Å²) in [6.45, 7) is 0. The van der Waals surface area contributed by atoms with Gasteiger partial charge in [-0.05, 0) is 17.7 Å². The quantitative estimate of drug-likeness (QED) is 0.374. The normalized spacial score (nSPS) is 12.8. The average molecular weight is 278 g/mol. The van der Waals surface area contributed by atoms with E-state index in [2.05, 4.69) is 27.6 Å². The van der Waals surface area contributed by atoms with Gasteiger partial charge in [-0.1, -0.05) is 29.5 Å². The number of nitrogens with one attached hydrogen (secondary N) is 1. The zero-order valence-corrected chi connectivity index (χ0v) is 10.6. The summed E-state index contributed by atoms with van der Waals surface area (Å²) in [6.07, 6.45) is 1.33. The van der Waals surface area contributed by atoms with Crippen LogP contribution in [0.25, 0.3) is 10.4 Å². The summed E-state index contributed by atoms with van der Waals surface area (Å²) >= 11 is 4.66. The van der Waals surface area contributed by atoms with Gasteiger partial charge in [0, 0.05) is 23.4 Å². The molecule has 2 N–H and O–H groups in total. The van der Waals surface area contributed by atoms with Gasteiger partial charge >= 0.3 is 5.97 Å². The summed E-state index contributed by atoms with van der Waals surface area (Å²) in [5.74, 6) is -0.938. The van der Waals surface area contributed by atoms with Gasteiger partial charge in [0.1, 0.15) is 0 Å². The number of nitrogens with zero attached hydrogens (tertiary/aromatic N) is 3. The summed E-state index contributed by atoms with van der Waals surface area (Å²) in [4.78, 5) is 23.9. The largest absolute Gasteiger partial charge is 0.478 e. The molecule has 7 nitrogen and oxygen atoms in total. The van der Waals surface area contributed by atoms with Crippen molar-refractivity contribution >= 4 is 34.8 Å². The first-order valence-electron chi connectivity index (χ1n) is 5.24. The molecule has 1 heterocycles. The van der Waals surface area contributed by atoms with Crippen molar-refractivity contribution in [3.05, 3.63) is 40.3 Å². The van der Waals surface area contributed by atoms with Crippen molar-refractivity contribution in [3.8, 4) is 0 Å². The number of rotatable bonds is 2. The third kappa shape index (κ3) is 5.15. The molecule has 1 aliphatic rings. The SMILES string of the molecule is O=C1CCC(=S)N1.[N-]=[N+]=Nc1ccc(C(=O)O)cc1. The predicted octanol–water partition coefficient (Wildman–Crippen LogP) is 2.55. The maximum Gasteiger partial charge on any atom is 0.335 e. The minimum Gasteiger partial charge on any atom is -0.478 e. The summed E-state index contributed by atoms with van der Waals surface area (Å²) in [6, 6.07) is 5.66. The van der Waals surface area contributed by atoms with Gasteiger partial charge in [0.25, 0.3) is 0 Å². The number of carbonyl (C=O) groups is 2. The van der Waals surface area contributed by atoms with Gasteiger partial charge in [-0.15, -0.1) is 0 Å². The first-order chi connectivity index (χ1) is 9.02. The number of carbonyl (C=O) groups excluding carboxylic acids is 1. The van der Waals surface area contributed by atoms with Crippen molar-refractivity contribution in [2.24, 2.45) is 5.11 Å². The Morgan fingerprint density at radius 2 is 2.00 bits per heavy atom. The molecule has 0 radical (unpaired) electrons. The van der Waals surface area contributed by atoms with Crippen LogP contribution in [0.1, 0.15) is 23.2 Å². The second-order valence-electron chi connectivity index (χ2n) is 3.51. The van der Waals surface area contributed by atoms with Gasteiger partial charge in [0.05, 0.1) is 10.6 Å². The van der Waals surface area contributed by atoms with E-state index < -0.39 is 5.97 Å². The molecule has 1 fully saturated rings. The van der Waals surface area contributed by atoms with Crippen LogP contribution in [0.4, 0.5) is 5.69 Å². The molecule has 0 unspecified atom stereocenters. The Balaban J connectivity index is 0.000000218. The second kappa shape index (κ2) is 7.10. The van der Waals surface area contributed by atoms with Crippen molar-refractivity contribution < 1.29 is 14.7 Å². The van der Waals surface area contributed by atoms with Crippen LogP contribution in [-0.4, -0.2) is 22.0 Å². The molecule has 2 rings (SSSR count). The highest BCUT2D eigenvalue weighted by atomic mass is 32.1. The van der Waals surface area contributed by atoms with Gasteiger partial charge in [-0.3, -0.25) is 4.79 Å². The molecule has 0 aromatic heterocycles. The summed E-state index contributed by atoms with van der Waals surface area (Å²) in [5.41, 5.74) is 8.62. The predicted molar refractivity (Wildman–Crippen MR) is 72.2 cm³/mol. The first kappa shape index (κ1) is 14.6. The number of hydrogen-bond donors (Lipinski definition) is 2. The van der Waals surface area contributed by atoms with Crippen molar-refractivity contribution in [2.45, 2.75) is 12.8 Å². The molecule has 0 atom stereocenters. The molecule has 1 saturated heterocycles. The van der Waals surface area contributed by atoms with E-state index in [1.165, 1.54) is 24.3 Å². The van der Waals surface area contributed by atoms with Gasteiger partial charge < -0.3 is 10.4 Å². The van der Waals surface area contributed by atoms with E-state index in [1.54, 1.807) is 0 Å². The highest BCUT2D eigenvalue weighted by Crippen LogP contribution is 2.12. The Labute approximate surface area is 113 Å². The zero-order chi connectivity index (χ0) is 14.3. The van der Waals surface area contributed by atoms with Crippen molar-refractivity contribution in [1.29, 1.82) is 0 Å². The standard InChI is InChI=1S/C7H5N3O2.C4H5NOS/c8-10-9-6-3-1-5(2-4-6)7(11)12;6-3-1-2-4(7)5-3/h1-4H,(H,11,12);1-2H2,(H,5,6,7). The van der Waals surface area contributed by atoms with Crippen LogP contribution in [0.3, 0.4) is 0 Å². The smallest absolute Gasteiger partial charge is 0.335 e. The van der Waals surface area contributed by atoms with Crippen molar-refractivity contribution in [1.82, 2.24) is 5.32 Å². The van der Waals surface area contributed by atoms with E-state index in [0.717, 1.165) is 6.42 Å². The number of azide groups is 1. The third-order valence-corrected chi connectivity index (χ3v) is 2.44. The fraction of sp³-hybridized carbons (Fsp3) is 0.182. The van der Waals surface area contributed by atoms with Crippen LogP contribution in [-0.2, 0) is 4.79 Å². The van der Waals surface area contributed by atoms with Crippen LogP contribution in [0.5, 0.6) is 0 Å². The van der Waals surface area contributed by atoms with Gasteiger partial charge in [-0.25, -0.2) is 4.79 Å². The molecule has 0 saturated carbocycles. The lowest BCUT2D eigenvalue weighted by molar-refractivity contribution is -0.118. The van der Waals surface area contributed by atoms with E-state index in [-0.39, 0.29) is 11.5 Å². The molecule has 8 heteroatoms. The fourth-order valence-electron chi connectivity index (χ4n) is 1.23. The maximum atomic E-state index is 10.4. The van der Waals surface area contributed by atoms with E-state index >= 15 is 0 Å². The monoisotopic (exact) mass is 278 g/mol. The van der Waals surface area contributed by atoms with Crippen LogP contribution < -0.4 is 5.32 Å². The molecule has 1 amide bonds. The lowest BCUT2D eigenvalue weighted by atomic mass is 10.2. The molecule has 0 aliphatic carbocycles. The molecule has 98 valence electrons. The number of benzene rings is 1. The molecular weight excluding hydrogens is 268 g/mol. The number of amides is 1. The van der Waals surface area contributed by atoms with Crippen LogP contribution in [0.15, 0.2) is 29.4 Å². The Bertz CT molecular complexity index is 515. The molecule has 19 heavy (non-hydrogen) atoms. The summed E-state index contributed by atoms with van der Waals surface area (Å²) in [5, 5.41) is 14.3.